The number of hydrogen-bond donors (Lipinski definition) is 1. The highest BCUT2D eigenvalue weighted by Gasteiger charge is 2.34. The molecule has 0 saturated carbocycles. The smallest absolute Gasteiger partial charge is 0.285 e. The molecule has 6 nitrogen and oxygen atoms in total. The molecule has 0 bridgehead atoms. The van der Waals surface area contributed by atoms with Crippen LogP contribution < -0.4 is 10.7 Å². The third kappa shape index (κ3) is 2.47. The van der Waals surface area contributed by atoms with Crippen LogP contribution in [0.3, 0.4) is 0 Å². The van der Waals surface area contributed by atoms with E-state index in [9.17, 15) is 9.59 Å². The van der Waals surface area contributed by atoms with Crippen molar-refractivity contribution in [2.75, 3.05) is 5.01 Å². The molecule has 106 valence electrons. The molecule has 2 heterocycles. The van der Waals surface area contributed by atoms with E-state index in [0.29, 0.717) is 16.3 Å². The van der Waals surface area contributed by atoms with Crippen LogP contribution in [0.15, 0.2) is 51.4 Å². The summed E-state index contributed by atoms with van der Waals surface area (Å²) in [5, 5.41) is 5.83. The lowest BCUT2D eigenvalue weighted by Crippen LogP contribution is -2.26. The zero-order chi connectivity index (χ0) is 15.0. The number of hydrogen-bond acceptors (Lipinski definition) is 5. The lowest BCUT2D eigenvalue weighted by Gasteiger charge is -2.12. The molecule has 1 aromatic rings. The standard InChI is InChI=1S/C14H12N4O2S/c1-8-10(7-11-12(19)16-14(15)21-11)13(20)18(17-8)9-5-3-2-4-6-9/h2-7,10H,1H3,(H2,15,16,19)/b11-7-/t10-/m0/s1. The van der Waals surface area contributed by atoms with Crippen molar-refractivity contribution in [2.24, 2.45) is 21.7 Å². The van der Waals surface area contributed by atoms with Gasteiger partial charge in [-0.3, -0.25) is 9.59 Å². The molecular weight excluding hydrogens is 288 g/mol. The van der Waals surface area contributed by atoms with E-state index in [0.717, 1.165) is 11.8 Å². The van der Waals surface area contributed by atoms with E-state index in [2.05, 4.69) is 10.1 Å². The van der Waals surface area contributed by atoms with E-state index >= 15 is 0 Å². The van der Waals surface area contributed by atoms with Crippen molar-refractivity contribution >= 4 is 40.1 Å². The molecule has 7 heteroatoms. The summed E-state index contributed by atoms with van der Waals surface area (Å²) in [7, 11) is 0. The van der Waals surface area contributed by atoms with Gasteiger partial charge in [-0.25, -0.2) is 0 Å². The Morgan fingerprint density at radius 3 is 2.62 bits per heavy atom. The Bertz CT molecular complexity index is 709. The first-order chi connectivity index (χ1) is 10.1. The van der Waals surface area contributed by atoms with Crippen LogP contribution >= 0.6 is 11.8 Å². The van der Waals surface area contributed by atoms with Gasteiger partial charge in [-0.05, 0) is 36.9 Å². The van der Waals surface area contributed by atoms with Gasteiger partial charge in [0.25, 0.3) is 11.8 Å². The summed E-state index contributed by atoms with van der Waals surface area (Å²) >= 11 is 1.08. The van der Waals surface area contributed by atoms with Crippen LogP contribution in [-0.4, -0.2) is 22.7 Å². The van der Waals surface area contributed by atoms with Crippen molar-refractivity contribution in [3.05, 3.63) is 41.3 Å². The van der Waals surface area contributed by atoms with Crippen LogP contribution in [0.2, 0.25) is 0 Å². The molecule has 0 fully saturated rings. The fourth-order valence-electron chi connectivity index (χ4n) is 2.12. The lowest BCUT2D eigenvalue weighted by molar-refractivity contribution is -0.118. The number of amides is 2. The summed E-state index contributed by atoms with van der Waals surface area (Å²) in [5.74, 6) is -1.15. The molecule has 2 aliphatic rings. The fraction of sp³-hybridized carbons (Fsp3) is 0.143. The minimum absolute atomic E-state index is 0.190. The summed E-state index contributed by atoms with van der Waals surface area (Å²) in [6, 6.07) is 9.16. The monoisotopic (exact) mass is 300 g/mol. The van der Waals surface area contributed by atoms with E-state index in [-0.39, 0.29) is 11.1 Å². The minimum atomic E-state index is -0.558. The fourth-order valence-corrected chi connectivity index (χ4v) is 2.81. The third-order valence-electron chi connectivity index (χ3n) is 3.14. The number of rotatable bonds is 2. The molecule has 0 saturated heterocycles. The molecule has 0 aliphatic carbocycles. The maximum Gasteiger partial charge on any atom is 0.285 e. The van der Waals surface area contributed by atoms with Gasteiger partial charge in [-0.2, -0.15) is 15.1 Å². The Hall–Kier alpha value is -2.41. The highest BCUT2D eigenvalue weighted by molar-refractivity contribution is 8.18. The zero-order valence-electron chi connectivity index (χ0n) is 11.2. The second-order valence-electron chi connectivity index (χ2n) is 4.59. The predicted molar refractivity (Wildman–Crippen MR) is 82.8 cm³/mol. The molecule has 2 amide bonds. The molecular formula is C14H12N4O2S. The van der Waals surface area contributed by atoms with Crippen molar-refractivity contribution in [1.29, 1.82) is 0 Å². The molecule has 0 spiro atoms. The maximum atomic E-state index is 12.5. The summed E-state index contributed by atoms with van der Waals surface area (Å²) in [4.78, 5) is 28.1. The average molecular weight is 300 g/mol. The largest absolute Gasteiger partial charge is 0.378 e. The maximum absolute atomic E-state index is 12.5. The van der Waals surface area contributed by atoms with Crippen molar-refractivity contribution in [1.82, 2.24) is 0 Å². The van der Waals surface area contributed by atoms with Crippen LogP contribution in [-0.2, 0) is 9.59 Å². The molecule has 21 heavy (non-hydrogen) atoms. The van der Waals surface area contributed by atoms with Gasteiger partial charge in [0, 0.05) is 0 Å². The van der Waals surface area contributed by atoms with Gasteiger partial charge in [0.15, 0.2) is 5.17 Å². The number of nitrogens with zero attached hydrogens (tertiary/aromatic N) is 3. The Labute approximate surface area is 125 Å². The number of para-hydroxylation sites is 1. The SMILES string of the molecule is CC1=NN(c2ccccc2)C(=O)[C@H]1/C=C1\SC(N)=NC1=O. The number of carbonyl (C=O) groups excluding carboxylic acids is 2. The van der Waals surface area contributed by atoms with Crippen LogP contribution in [0.5, 0.6) is 0 Å². The Balaban J connectivity index is 1.87. The van der Waals surface area contributed by atoms with Gasteiger partial charge in [-0.15, -0.1) is 0 Å². The van der Waals surface area contributed by atoms with Crippen LogP contribution in [0.4, 0.5) is 5.69 Å². The van der Waals surface area contributed by atoms with E-state index < -0.39 is 11.8 Å². The number of thioether (sulfide) groups is 1. The van der Waals surface area contributed by atoms with Crippen molar-refractivity contribution in [2.45, 2.75) is 6.92 Å². The van der Waals surface area contributed by atoms with E-state index in [1.807, 2.05) is 18.2 Å². The summed E-state index contributed by atoms with van der Waals surface area (Å²) in [5.41, 5.74) is 6.84. The molecule has 1 atom stereocenters. The van der Waals surface area contributed by atoms with E-state index in [1.165, 1.54) is 5.01 Å². The van der Waals surface area contributed by atoms with Gasteiger partial charge in [0.1, 0.15) is 0 Å². The first kappa shape index (κ1) is 13.6. The molecule has 0 radical (unpaired) electrons. The second-order valence-corrected chi connectivity index (χ2v) is 5.66. The van der Waals surface area contributed by atoms with Crippen molar-refractivity contribution < 1.29 is 9.59 Å². The van der Waals surface area contributed by atoms with Gasteiger partial charge in [0.05, 0.1) is 22.2 Å². The minimum Gasteiger partial charge on any atom is -0.378 e. The normalized spacial score (nSPS) is 23.8. The Morgan fingerprint density at radius 1 is 1.29 bits per heavy atom. The first-order valence-corrected chi connectivity index (χ1v) is 7.10. The summed E-state index contributed by atoms with van der Waals surface area (Å²) in [6.45, 7) is 1.76. The predicted octanol–water partition coefficient (Wildman–Crippen LogP) is 1.50. The molecule has 1 aromatic carbocycles. The molecule has 2 N–H and O–H groups in total. The molecule has 0 aromatic heterocycles. The number of hydrazone groups is 1. The van der Waals surface area contributed by atoms with E-state index in [4.69, 9.17) is 5.73 Å². The summed E-state index contributed by atoms with van der Waals surface area (Å²) in [6.07, 6.45) is 1.58. The van der Waals surface area contributed by atoms with Crippen LogP contribution in [0.25, 0.3) is 0 Å². The van der Waals surface area contributed by atoms with Gasteiger partial charge in [0.2, 0.25) is 0 Å². The molecule has 3 rings (SSSR count). The number of benzene rings is 1. The number of nitrogens with two attached hydrogens (primary N) is 1. The number of anilines is 1. The number of carbonyl (C=O) groups is 2. The quantitative estimate of drug-likeness (QED) is 0.838. The van der Waals surface area contributed by atoms with Gasteiger partial charge >= 0.3 is 0 Å². The lowest BCUT2D eigenvalue weighted by atomic mass is 10.0. The van der Waals surface area contributed by atoms with Crippen molar-refractivity contribution in [3.63, 3.8) is 0 Å². The Kier molecular flexibility index (Phi) is 3.34. The van der Waals surface area contributed by atoms with Crippen LogP contribution in [0.1, 0.15) is 6.92 Å². The molecule has 0 unspecified atom stereocenters. The molecule has 2 aliphatic heterocycles. The zero-order valence-corrected chi connectivity index (χ0v) is 12.0. The Morgan fingerprint density at radius 2 is 2.00 bits per heavy atom. The van der Waals surface area contributed by atoms with Crippen LogP contribution in [0, 0.1) is 5.92 Å². The highest BCUT2D eigenvalue weighted by Crippen LogP contribution is 2.30. The van der Waals surface area contributed by atoms with Gasteiger partial charge in [-0.1, -0.05) is 18.2 Å². The average Bonchev–Trinajstić information content (AvgIpc) is 2.93. The second kappa shape index (κ2) is 5.17. The third-order valence-corrected chi connectivity index (χ3v) is 3.97. The number of amidine groups is 1. The summed E-state index contributed by atoms with van der Waals surface area (Å²) < 4.78 is 0. The van der Waals surface area contributed by atoms with E-state index in [1.54, 1.807) is 25.1 Å². The van der Waals surface area contributed by atoms with Gasteiger partial charge < -0.3 is 5.73 Å². The first-order valence-electron chi connectivity index (χ1n) is 6.28. The highest BCUT2D eigenvalue weighted by atomic mass is 32.2. The van der Waals surface area contributed by atoms with Crippen molar-refractivity contribution in [3.8, 4) is 0 Å². The number of aliphatic imine (C=N–C) groups is 1. The topological polar surface area (TPSA) is 88.1 Å².